The molecule has 0 aliphatic rings. The van der Waals surface area contributed by atoms with Gasteiger partial charge in [0.25, 0.3) is 0 Å². The number of fused-ring (bicyclic) bond motifs is 1. The van der Waals surface area contributed by atoms with E-state index in [1.807, 2.05) is 67.6 Å². The summed E-state index contributed by atoms with van der Waals surface area (Å²) in [6, 6.07) is 24.5. The zero-order chi connectivity index (χ0) is 17.9. The van der Waals surface area contributed by atoms with Crippen LogP contribution in [0.15, 0.2) is 78.9 Å². The summed E-state index contributed by atoms with van der Waals surface area (Å²) in [6.45, 7) is 2.48. The molecular weight excluding hydrogens is 325 g/mol. The number of benzene rings is 3. The quantitative estimate of drug-likeness (QED) is 0.458. The van der Waals surface area contributed by atoms with Crippen molar-refractivity contribution in [1.29, 1.82) is 0 Å². The number of nitrogens with zero attached hydrogens (tertiary/aromatic N) is 1. The molecule has 0 spiro atoms. The molecule has 0 radical (unpaired) electrons. The van der Waals surface area contributed by atoms with E-state index in [2.05, 4.69) is 4.98 Å². The first-order valence-corrected chi connectivity index (χ1v) is 8.54. The Hall–Kier alpha value is -3.20. The van der Waals surface area contributed by atoms with Gasteiger partial charge in [0.2, 0.25) is 0 Å². The molecule has 0 unspecified atom stereocenters. The van der Waals surface area contributed by atoms with Crippen molar-refractivity contribution < 1.29 is 9.13 Å². The van der Waals surface area contributed by atoms with Gasteiger partial charge in [0.15, 0.2) is 0 Å². The van der Waals surface area contributed by atoms with E-state index in [4.69, 9.17) is 4.74 Å². The second kappa shape index (κ2) is 6.96. The molecular formula is C23H18FNO. The lowest BCUT2D eigenvalue weighted by Gasteiger charge is -2.13. The summed E-state index contributed by atoms with van der Waals surface area (Å²) in [7, 11) is 0. The SMILES string of the molecule is Cc1ccc2nc(-c3ccccc3F)cc(OCc3ccccc3)c2c1. The van der Waals surface area contributed by atoms with Crippen LogP contribution in [-0.4, -0.2) is 4.98 Å². The second-order valence-electron chi connectivity index (χ2n) is 6.28. The van der Waals surface area contributed by atoms with Crippen LogP contribution >= 0.6 is 0 Å². The maximum Gasteiger partial charge on any atom is 0.132 e. The van der Waals surface area contributed by atoms with Crippen molar-refractivity contribution in [3.8, 4) is 17.0 Å². The molecule has 3 aromatic carbocycles. The maximum atomic E-state index is 14.2. The van der Waals surface area contributed by atoms with Crippen molar-refractivity contribution in [2.45, 2.75) is 13.5 Å². The molecule has 0 saturated carbocycles. The van der Waals surface area contributed by atoms with Crippen molar-refractivity contribution in [3.63, 3.8) is 0 Å². The lowest BCUT2D eigenvalue weighted by Crippen LogP contribution is -1.98. The highest BCUT2D eigenvalue weighted by Gasteiger charge is 2.12. The van der Waals surface area contributed by atoms with Crippen LogP contribution in [0.5, 0.6) is 5.75 Å². The zero-order valence-electron chi connectivity index (χ0n) is 14.4. The minimum Gasteiger partial charge on any atom is -0.488 e. The zero-order valence-corrected chi connectivity index (χ0v) is 14.4. The lowest BCUT2D eigenvalue weighted by molar-refractivity contribution is 0.310. The number of hydrogen-bond acceptors (Lipinski definition) is 2. The van der Waals surface area contributed by atoms with Crippen molar-refractivity contribution in [2.75, 3.05) is 0 Å². The number of halogens is 1. The summed E-state index contributed by atoms with van der Waals surface area (Å²) in [5.74, 6) is 0.418. The molecule has 26 heavy (non-hydrogen) atoms. The molecule has 128 valence electrons. The Bertz CT molecular complexity index is 1060. The van der Waals surface area contributed by atoms with Gasteiger partial charge < -0.3 is 4.74 Å². The van der Waals surface area contributed by atoms with Crippen LogP contribution in [0.4, 0.5) is 4.39 Å². The summed E-state index contributed by atoms with van der Waals surface area (Å²) in [5, 5.41) is 0.932. The van der Waals surface area contributed by atoms with Gasteiger partial charge in [-0.3, -0.25) is 0 Å². The van der Waals surface area contributed by atoms with Gasteiger partial charge >= 0.3 is 0 Å². The molecule has 0 bridgehead atoms. The van der Waals surface area contributed by atoms with Gasteiger partial charge in [-0.05, 0) is 36.8 Å². The Labute approximate surface area is 151 Å². The first-order valence-electron chi connectivity index (χ1n) is 8.54. The van der Waals surface area contributed by atoms with Crippen LogP contribution in [0, 0.1) is 12.7 Å². The Balaban J connectivity index is 1.81. The molecule has 0 saturated heterocycles. The predicted molar refractivity (Wildman–Crippen MR) is 103 cm³/mol. The first-order chi connectivity index (χ1) is 12.7. The van der Waals surface area contributed by atoms with Crippen LogP contribution in [0.25, 0.3) is 22.2 Å². The summed E-state index contributed by atoms with van der Waals surface area (Å²) in [5.41, 5.74) is 4.04. The molecule has 0 amide bonds. The summed E-state index contributed by atoms with van der Waals surface area (Å²) in [4.78, 5) is 4.64. The van der Waals surface area contributed by atoms with Crippen LogP contribution in [0.2, 0.25) is 0 Å². The van der Waals surface area contributed by atoms with E-state index in [0.29, 0.717) is 23.6 Å². The van der Waals surface area contributed by atoms with Crippen molar-refractivity contribution in [3.05, 3.63) is 95.8 Å². The van der Waals surface area contributed by atoms with Crippen LogP contribution < -0.4 is 4.74 Å². The Morgan fingerprint density at radius 2 is 1.65 bits per heavy atom. The standard InChI is InChI=1S/C23H18FNO/c1-16-11-12-21-19(13-16)23(26-15-17-7-3-2-4-8-17)14-22(25-21)18-9-5-6-10-20(18)24/h2-14H,15H2,1H3. The van der Waals surface area contributed by atoms with E-state index < -0.39 is 0 Å². The highest BCUT2D eigenvalue weighted by Crippen LogP contribution is 2.32. The van der Waals surface area contributed by atoms with Gasteiger partial charge in [0, 0.05) is 17.0 Å². The average Bonchev–Trinajstić information content (AvgIpc) is 2.67. The van der Waals surface area contributed by atoms with Gasteiger partial charge in [-0.1, -0.05) is 54.1 Å². The highest BCUT2D eigenvalue weighted by atomic mass is 19.1. The monoisotopic (exact) mass is 343 g/mol. The minimum absolute atomic E-state index is 0.291. The van der Waals surface area contributed by atoms with E-state index in [1.54, 1.807) is 12.1 Å². The maximum absolute atomic E-state index is 14.2. The molecule has 0 fully saturated rings. The van der Waals surface area contributed by atoms with Gasteiger partial charge in [-0.2, -0.15) is 0 Å². The smallest absolute Gasteiger partial charge is 0.132 e. The fraction of sp³-hybridized carbons (Fsp3) is 0.0870. The number of hydrogen-bond donors (Lipinski definition) is 0. The number of pyridine rings is 1. The van der Waals surface area contributed by atoms with Crippen LogP contribution in [0.1, 0.15) is 11.1 Å². The fourth-order valence-electron chi connectivity index (χ4n) is 2.97. The Kier molecular flexibility index (Phi) is 4.36. The van der Waals surface area contributed by atoms with Gasteiger partial charge in [0.05, 0.1) is 11.2 Å². The van der Waals surface area contributed by atoms with Gasteiger partial charge in [0.1, 0.15) is 18.2 Å². The second-order valence-corrected chi connectivity index (χ2v) is 6.28. The normalized spacial score (nSPS) is 10.8. The third-order valence-corrected chi connectivity index (χ3v) is 4.31. The Morgan fingerprint density at radius 3 is 2.46 bits per heavy atom. The predicted octanol–water partition coefficient (Wildman–Crippen LogP) is 5.93. The van der Waals surface area contributed by atoms with Gasteiger partial charge in [-0.15, -0.1) is 0 Å². The summed E-state index contributed by atoms with van der Waals surface area (Å²) < 4.78 is 20.3. The highest BCUT2D eigenvalue weighted by molar-refractivity contribution is 5.88. The molecule has 0 N–H and O–H groups in total. The molecule has 0 aliphatic heterocycles. The van der Waals surface area contributed by atoms with E-state index in [1.165, 1.54) is 6.07 Å². The molecule has 0 atom stereocenters. The molecule has 2 nitrogen and oxygen atoms in total. The van der Waals surface area contributed by atoms with Crippen LogP contribution in [0.3, 0.4) is 0 Å². The third-order valence-electron chi connectivity index (χ3n) is 4.31. The van der Waals surface area contributed by atoms with Crippen LogP contribution in [-0.2, 0) is 6.61 Å². The molecule has 1 heterocycles. The largest absolute Gasteiger partial charge is 0.488 e. The van der Waals surface area contributed by atoms with E-state index in [-0.39, 0.29) is 5.82 Å². The molecule has 4 aromatic rings. The molecule has 4 rings (SSSR count). The fourth-order valence-corrected chi connectivity index (χ4v) is 2.97. The Morgan fingerprint density at radius 1 is 0.885 bits per heavy atom. The lowest BCUT2D eigenvalue weighted by atomic mass is 10.1. The summed E-state index contributed by atoms with van der Waals surface area (Å²) in [6.07, 6.45) is 0. The molecule has 3 heteroatoms. The molecule has 1 aromatic heterocycles. The minimum atomic E-state index is -0.291. The van der Waals surface area contributed by atoms with Crippen molar-refractivity contribution in [1.82, 2.24) is 4.98 Å². The number of rotatable bonds is 4. The third kappa shape index (κ3) is 3.29. The van der Waals surface area contributed by atoms with Crippen molar-refractivity contribution in [2.24, 2.45) is 0 Å². The average molecular weight is 343 g/mol. The van der Waals surface area contributed by atoms with Gasteiger partial charge in [-0.25, -0.2) is 9.37 Å². The number of ether oxygens (including phenoxy) is 1. The summed E-state index contributed by atoms with van der Waals surface area (Å²) >= 11 is 0. The van der Waals surface area contributed by atoms with E-state index in [0.717, 1.165) is 22.0 Å². The topological polar surface area (TPSA) is 22.1 Å². The van der Waals surface area contributed by atoms with E-state index >= 15 is 0 Å². The number of aromatic nitrogens is 1. The number of aryl methyl sites for hydroxylation is 1. The first kappa shape index (κ1) is 16.3. The van der Waals surface area contributed by atoms with Crippen molar-refractivity contribution >= 4 is 10.9 Å². The molecule has 0 aliphatic carbocycles. The van der Waals surface area contributed by atoms with E-state index in [9.17, 15) is 4.39 Å².